The third kappa shape index (κ3) is 4.15. The van der Waals surface area contributed by atoms with Gasteiger partial charge in [-0.05, 0) is 12.5 Å². The maximum absolute atomic E-state index is 11.1. The Morgan fingerprint density at radius 2 is 2.12 bits per heavy atom. The molecule has 0 bridgehead atoms. The van der Waals surface area contributed by atoms with Crippen molar-refractivity contribution in [2.75, 3.05) is 0 Å². The summed E-state index contributed by atoms with van der Waals surface area (Å²) in [4.78, 5) is 15.1. The van der Waals surface area contributed by atoms with E-state index in [9.17, 15) is 4.79 Å². The second-order valence-corrected chi connectivity index (χ2v) is 3.38. The maximum Gasteiger partial charge on any atom is 0.366 e. The molecule has 1 aromatic rings. The van der Waals surface area contributed by atoms with Crippen molar-refractivity contribution in [1.29, 1.82) is 0 Å². The molecule has 5 nitrogen and oxygen atoms in total. The van der Waals surface area contributed by atoms with E-state index in [2.05, 4.69) is 10.8 Å². The number of rotatable bonds is 4. The van der Waals surface area contributed by atoms with Crippen LogP contribution in [0.3, 0.4) is 0 Å². The minimum atomic E-state index is -1.13. The molecule has 1 rings (SSSR count). The largest absolute Gasteiger partial charge is 0.542 e. The van der Waals surface area contributed by atoms with Crippen LogP contribution in [0, 0.1) is 19.0 Å². The molecule has 17 heavy (non-hydrogen) atoms. The van der Waals surface area contributed by atoms with Gasteiger partial charge in [0.1, 0.15) is 0 Å². The molecule has 90 valence electrons. The Morgan fingerprint density at radius 1 is 1.47 bits per heavy atom. The molecule has 1 atom stereocenters. The van der Waals surface area contributed by atoms with Crippen LogP contribution >= 0.6 is 0 Å². The van der Waals surface area contributed by atoms with Crippen LogP contribution in [0.2, 0.25) is 0 Å². The molecule has 1 unspecified atom stereocenters. The first-order chi connectivity index (χ1) is 8.17. The highest BCUT2D eigenvalue weighted by Crippen LogP contribution is 2.06. The molecule has 0 saturated carbocycles. The molecule has 0 aromatic heterocycles. The minimum absolute atomic E-state index is 0.203. The van der Waals surface area contributed by atoms with E-state index in [1.165, 1.54) is 0 Å². The maximum atomic E-state index is 11.1. The van der Waals surface area contributed by atoms with Crippen molar-refractivity contribution in [2.45, 2.75) is 19.6 Å². The number of benzene rings is 1. The van der Waals surface area contributed by atoms with Crippen LogP contribution in [0.1, 0.15) is 11.1 Å². The van der Waals surface area contributed by atoms with Crippen LogP contribution in [0.4, 0.5) is 0 Å². The summed E-state index contributed by atoms with van der Waals surface area (Å²) in [6, 6.07) is 7.64. The zero-order valence-electron chi connectivity index (χ0n) is 9.40. The summed E-state index contributed by atoms with van der Waals surface area (Å²) >= 11 is 0. The van der Waals surface area contributed by atoms with Gasteiger partial charge in [0, 0.05) is 5.92 Å². The van der Waals surface area contributed by atoms with Gasteiger partial charge in [0.2, 0.25) is 6.10 Å². The highest BCUT2D eigenvalue weighted by molar-refractivity contribution is 5.77. The molecule has 4 N–H and O–H groups in total. The first kappa shape index (κ1) is 13.0. The van der Waals surface area contributed by atoms with E-state index < -0.39 is 12.1 Å². The number of nitrogens with two attached hydrogens (primary N) is 1. The number of carbonyl (C=O) groups is 1. The molecule has 0 aliphatic heterocycles. The van der Waals surface area contributed by atoms with E-state index in [4.69, 9.17) is 15.7 Å². The van der Waals surface area contributed by atoms with Crippen LogP contribution < -0.4 is 5.90 Å². The number of carbonyl (C=O) groups excluding carboxylic acids is 1. The summed E-state index contributed by atoms with van der Waals surface area (Å²) in [7, 11) is 0. The number of ether oxygens (including phenoxy) is 1. The van der Waals surface area contributed by atoms with Gasteiger partial charge in [0.25, 0.3) is 0 Å². The number of hydrogen-bond donors (Lipinski definition) is 1. The molecule has 0 fully saturated rings. The molecular formula is C12H14NO4+. The lowest BCUT2D eigenvalue weighted by Gasteiger charge is -2.08. The van der Waals surface area contributed by atoms with E-state index in [0.717, 1.165) is 11.1 Å². The predicted molar refractivity (Wildman–Crippen MR) is 61.4 cm³/mol. The molecule has 5 heteroatoms. The average molecular weight is 236 g/mol. The Kier molecular flexibility index (Phi) is 5.01. The number of hydrogen-bond acceptors (Lipinski definition) is 4. The monoisotopic (exact) mass is 236 g/mol. The van der Waals surface area contributed by atoms with Crippen molar-refractivity contribution in [3.8, 4) is 12.0 Å². The van der Waals surface area contributed by atoms with Crippen molar-refractivity contribution in [3.63, 3.8) is 0 Å². The van der Waals surface area contributed by atoms with Crippen molar-refractivity contribution in [3.05, 3.63) is 35.4 Å². The normalized spacial score (nSPS) is 11.2. The Morgan fingerprint density at radius 3 is 2.65 bits per heavy atom. The first-order valence-electron chi connectivity index (χ1n) is 4.92. The Labute approximate surface area is 99.1 Å². The Hall–Kier alpha value is -2.03. The van der Waals surface area contributed by atoms with Gasteiger partial charge in [-0.3, -0.25) is 0 Å². The predicted octanol–water partition coefficient (Wildman–Crippen LogP) is -0.0174. The lowest BCUT2D eigenvalue weighted by molar-refractivity contribution is -0.154. The summed E-state index contributed by atoms with van der Waals surface area (Å²) in [5.74, 6) is 6.18. The first-order valence-corrected chi connectivity index (χ1v) is 4.92. The second kappa shape index (κ2) is 6.53. The lowest BCUT2D eigenvalue weighted by atomic mass is 10.2. The van der Waals surface area contributed by atoms with Crippen molar-refractivity contribution < 1.29 is 19.5 Å². The summed E-state index contributed by atoms with van der Waals surface area (Å²) in [5, 5.41) is 6.72. The summed E-state index contributed by atoms with van der Waals surface area (Å²) < 4.78 is 5.21. The topological polar surface area (TPSA) is 84.4 Å². The molecule has 0 heterocycles. The van der Waals surface area contributed by atoms with Crippen LogP contribution in [0.5, 0.6) is 0 Å². The van der Waals surface area contributed by atoms with Crippen LogP contribution in [0.25, 0.3) is 0 Å². The van der Waals surface area contributed by atoms with E-state index in [1.54, 1.807) is 0 Å². The van der Waals surface area contributed by atoms with Crippen molar-refractivity contribution >= 4 is 5.97 Å². The molecule has 0 radical (unpaired) electrons. The zero-order valence-corrected chi connectivity index (χ0v) is 9.40. The summed E-state index contributed by atoms with van der Waals surface area (Å²) in [6.07, 6.45) is 0.721. The van der Waals surface area contributed by atoms with Gasteiger partial charge in [-0.1, -0.05) is 29.8 Å². The quantitative estimate of drug-likeness (QED) is 0.452. The fraction of sp³-hybridized carbons (Fsp3) is 0.250. The van der Waals surface area contributed by atoms with Gasteiger partial charge >= 0.3 is 12.1 Å². The van der Waals surface area contributed by atoms with Gasteiger partial charge in [-0.25, -0.2) is 4.79 Å². The molecule has 0 amide bonds. The molecular weight excluding hydrogens is 222 g/mol. The fourth-order valence-electron chi connectivity index (χ4n) is 1.16. The molecule has 1 aromatic carbocycles. The standard InChI is InChI=1S/C12H13NO4/c1-9-2-4-10(5-3-9)8-16-11(6-7-14)12(15)17-13/h2-5,11,14H,8,13H2,1H3/p+1. The third-order valence-corrected chi connectivity index (χ3v) is 2.07. The zero-order chi connectivity index (χ0) is 12.7. The van der Waals surface area contributed by atoms with E-state index >= 15 is 0 Å². The molecule has 0 spiro atoms. The van der Waals surface area contributed by atoms with E-state index in [-0.39, 0.29) is 6.61 Å². The lowest BCUT2D eigenvalue weighted by Crippen LogP contribution is -2.27. The van der Waals surface area contributed by atoms with Crippen molar-refractivity contribution in [1.82, 2.24) is 0 Å². The van der Waals surface area contributed by atoms with Gasteiger partial charge < -0.3 is 14.7 Å². The second-order valence-electron chi connectivity index (χ2n) is 3.38. The highest BCUT2D eigenvalue weighted by atomic mass is 16.7. The van der Waals surface area contributed by atoms with Crippen LogP contribution in [-0.4, -0.2) is 17.2 Å². The fourth-order valence-corrected chi connectivity index (χ4v) is 1.16. The average Bonchev–Trinajstić information content (AvgIpc) is 2.35. The number of aryl methyl sites for hydroxylation is 1. The smallest absolute Gasteiger partial charge is 0.366 e. The minimum Gasteiger partial charge on any atom is -0.542 e. The summed E-state index contributed by atoms with van der Waals surface area (Å²) in [6.45, 7) is 2.18. The molecule has 0 aliphatic rings. The summed E-state index contributed by atoms with van der Waals surface area (Å²) in [5.41, 5.74) is 2.04. The Bertz CT molecular complexity index is 430. The van der Waals surface area contributed by atoms with Gasteiger partial charge in [-0.15, -0.1) is 0 Å². The van der Waals surface area contributed by atoms with E-state index in [1.807, 2.05) is 37.3 Å². The van der Waals surface area contributed by atoms with Gasteiger partial charge in [-0.2, -0.15) is 5.90 Å². The highest BCUT2D eigenvalue weighted by Gasteiger charge is 2.18. The molecule has 0 aliphatic carbocycles. The van der Waals surface area contributed by atoms with Crippen molar-refractivity contribution in [2.24, 2.45) is 5.90 Å². The van der Waals surface area contributed by atoms with Gasteiger partial charge in [0.15, 0.2) is 0 Å². The molecule has 0 saturated heterocycles. The van der Waals surface area contributed by atoms with E-state index in [0.29, 0.717) is 0 Å². The third-order valence-electron chi connectivity index (χ3n) is 2.07. The van der Waals surface area contributed by atoms with Crippen LogP contribution in [-0.2, 0) is 21.0 Å². The van der Waals surface area contributed by atoms with Gasteiger partial charge in [0.05, 0.1) is 6.61 Å². The van der Waals surface area contributed by atoms with Crippen LogP contribution in [0.15, 0.2) is 24.3 Å². The Balaban J connectivity index is 2.59. The SMILES string of the molecule is Cc1ccc(COC(C#C[OH2+])C(=O)ON)cc1.